The van der Waals surface area contributed by atoms with Crippen molar-refractivity contribution in [2.45, 2.75) is 242 Å². The normalized spacial score (nSPS) is 52.2. The van der Waals surface area contributed by atoms with Crippen molar-refractivity contribution in [1.29, 1.82) is 0 Å². The number of esters is 1. The van der Waals surface area contributed by atoms with Gasteiger partial charge in [0.1, 0.15) is 91.6 Å². The minimum atomic E-state index is -2.28. The summed E-state index contributed by atoms with van der Waals surface area (Å²) in [5.41, 5.74) is -2.72. The predicted octanol–water partition coefficient (Wildman–Crippen LogP) is -2.40. The summed E-state index contributed by atoms with van der Waals surface area (Å²) in [5, 5.41) is 166. The summed E-state index contributed by atoms with van der Waals surface area (Å²) < 4.78 is 54.8. The van der Waals surface area contributed by atoms with Gasteiger partial charge >= 0.3 is 11.9 Å². The van der Waals surface area contributed by atoms with E-state index in [1.54, 1.807) is 19.9 Å². The van der Waals surface area contributed by atoms with Crippen LogP contribution in [0, 0.1) is 50.2 Å². The quantitative estimate of drug-likeness (QED) is 0.0352. The van der Waals surface area contributed by atoms with Gasteiger partial charge in [-0.2, -0.15) is 0 Å². The summed E-state index contributed by atoms with van der Waals surface area (Å²) >= 11 is 0. The first-order chi connectivity index (χ1) is 39.4. The number of rotatable bonds is 15. The van der Waals surface area contributed by atoms with Gasteiger partial charge in [0.25, 0.3) is 0 Å². The number of aliphatic hydroxyl groups is 14. The first-order valence-electron chi connectivity index (χ1n) is 29.6. The van der Waals surface area contributed by atoms with E-state index in [-0.39, 0.29) is 36.0 Å². The third-order valence-electron chi connectivity index (χ3n) is 22.3. The third kappa shape index (κ3) is 10.8. The third-order valence-corrected chi connectivity index (χ3v) is 22.3. The summed E-state index contributed by atoms with van der Waals surface area (Å²) in [6, 6.07) is 0. The lowest BCUT2D eigenvalue weighted by Gasteiger charge is -2.72. The molecule has 0 aromatic rings. The molecular formula is C58H92O26. The molecule has 0 spiro atoms. The maximum absolute atomic E-state index is 13.4. The van der Waals surface area contributed by atoms with Gasteiger partial charge in [-0.25, -0.2) is 9.59 Å². The van der Waals surface area contributed by atoms with Gasteiger partial charge in [-0.1, -0.05) is 59.3 Å². The van der Waals surface area contributed by atoms with Gasteiger partial charge in [0.05, 0.1) is 50.7 Å². The van der Waals surface area contributed by atoms with E-state index in [2.05, 4.69) is 40.7 Å². The second-order valence-electron chi connectivity index (χ2n) is 27.3. The zero-order chi connectivity index (χ0) is 61.7. The molecule has 84 heavy (non-hydrogen) atoms. The van der Waals surface area contributed by atoms with Crippen molar-refractivity contribution in [3.8, 4) is 0 Å². The second kappa shape index (κ2) is 24.4. The maximum Gasteiger partial charge on any atom is 0.335 e. The fourth-order valence-corrected chi connectivity index (χ4v) is 17.1. The van der Waals surface area contributed by atoms with Crippen molar-refractivity contribution >= 4 is 11.9 Å². The fraction of sp³-hybridized carbons (Fsp3) is 0.897. The predicted molar refractivity (Wildman–Crippen MR) is 285 cm³/mol. The molecule has 4 saturated carbocycles. The number of carboxylic acids is 1. The van der Waals surface area contributed by atoms with Gasteiger partial charge in [-0.15, -0.1) is 0 Å². The molecule has 26 heteroatoms. The number of allylic oxidation sites excluding steroid dienone is 3. The maximum atomic E-state index is 13.4. The molecule has 4 saturated heterocycles. The summed E-state index contributed by atoms with van der Waals surface area (Å²) in [6.07, 6.45) is -32.0. The van der Waals surface area contributed by atoms with Gasteiger partial charge in [-0.05, 0) is 105 Å². The van der Waals surface area contributed by atoms with E-state index in [0.29, 0.717) is 44.1 Å². The molecule has 5 aliphatic carbocycles. The molecule has 9 rings (SSSR count). The monoisotopic (exact) mass is 1200 g/mol. The lowest BCUT2D eigenvalue weighted by Crippen LogP contribution is -2.70. The molecule has 0 radical (unpaired) electrons. The van der Waals surface area contributed by atoms with Crippen LogP contribution in [0.5, 0.6) is 0 Å². The number of aliphatic hydroxyl groups excluding tert-OH is 14. The van der Waals surface area contributed by atoms with Crippen LogP contribution in [0.1, 0.15) is 107 Å². The van der Waals surface area contributed by atoms with Gasteiger partial charge in [0, 0.05) is 11.0 Å². The number of fused-ring (bicyclic) bond motifs is 7. The van der Waals surface area contributed by atoms with Crippen molar-refractivity contribution < 1.29 is 129 Å². The summed E-state index contributed by atoms with van der Waals surface area (Å²) in [6.45, 7) is 12.9. The molecule has 30 atom stereocenters. The highest BCUT2D eigenvalue weighted by molar-refractivity contribution is 5.87. The number of hydrogen-bond acceptors (Lipinski definition) is 25. The molecule has 4 heterocycles. The number of carbonyl (C=O) groups excluding carboxylic acids is 1. The molecule has 0 aromatic carbocycles. The van der Waals surface area contributed by atoms with Crippen LogP contribution in [-0.2, 0) is 52.2 Å². The molecular weight excluding hydrogens is 1110 g/mol. The van der Waals surface area contributed by atoms with Crippen LogP contribution in [0.15, 0.2) is 23.3 Å². The molecule has 0 amide bonds. The smallest absolute Gasteiger partial charge is 0.335 e. The van der Waals surface area contributed by atoms with Crippen LogP contribution in [0.4, 0.5) is 0 Å². The largest absolute Gasteiger partial charge is 0.479 e. The Bertz CT molecular complexity index is 2410. The Morgan fingerprint density at radius 2 is 1.23 bits per heavy atom. The molecule has 15 N–H and O–H groups in total. The lowest BCUT2D eigenvalue weighted by molar-refractivity contribution is -0.401. The van der Waals surface area contributed by atoms with Crippen LogP contribution in [-0.4, -0.2) is 257 Å². The Morgan fingerprint density at radius 3 is 1.79 bits per heavy atom. The number of carboxylic acid groups (broad SMARTS) is 1. The van der Waals surface area contributed by atoms with E-state index in [1.165, 1.54) is 0 Å². The molecule has 4 aliphatic heterocycles. The van der Waals surface area contributed by atoms with E-state index in [1.807, 2.05) is 6.92 Å². The van der Waals surface area contributed by atoms with Crippen LogP contribution >= 0.6 is 0 Å². The van der Waals surface area contributed by atoms with Crippen molar-refractivity contribution in [3.63, 3.8) is 0 Å². The Morgan fingerprint density at radius 1 is 0.631 bits per heavy atom. The highest BCUT2D eigenvalue weighted by Crippen LogP contribution is 2.76. The Hall–Kier alpha value is -2.46. The van der Waals surface area contributed by atoms with E-state index in [9.17, 15) is 86.2 Å². The lowest BCUT2D eigenvalue weighted by atomic mass is 9.33. The van der Waals surface area contributed by atoms with E-state index in [4.69, 9.17) is 42.6 Å². The van der Waals surface area contributed by atoms with E-state index in [0.717, 1.165) is 5.57 Å². The molecule has 8 fully saturated rings. The van der Waals surface area contributed by atoms with Gasteiger partial charge in [0.2, 0.25) is 0 Å². The zero-order valence-electron chi connectivity index (χ0n) is 49.0. The average Bonchev–Trinajstić information content (AvgIpc) is 0.764. The minimum Gasteiger partial charge on any atom is -0.479 e. The highest BCUT2D eigenvalue weighted by Gasteiger charge is 2.73. The van der Waals surface area contributed by atoms with Crippen LogP contribution < -0.4 is 0 Å². The Balaban J connectivity index is 1.05. The molecule has 25 unspecified atom stereocenters. The van der Waals surface area contributed by atoms with Crippen molar-refractivity contribution in [2.24, 2.45) is 50.2 Å². The van der Waals surface area contributed by atoms with Crippen LogP contribution in [0.3, 0.4) is 0 Å². The number of hydrogen-bond donors (Lipinski definition) is 15. The van der Waals surface area contributed by atoms with Crippen molar-refractivity contribution in [1.82, 2.24) is 0 Å². The molecule has 9 aliphatic rings. The number of carbonyl (C=O) groups is 2. The number of ether oxygens (including phenoxy) is 9. The zero-order valence-corrected chi connectivity index (χ0v) is 49.0. The molecule has 0 aromatic heterocycles. The fourth-order valence-electron chi connectivity index (χ4n) is 17.1. The Kier molecular flexibility index (Phi) is 19.2. The SMILES string of the molecule is CC=C(C)C(=O)OC1CC(C)(C)CC2C3=CCC4[C@@]5(C)CCC(OC6OC(C(=O)O)C(O)C(OC7OCC(O)C(O)C7OC7OC(CO)C(O)C(O)C7O)C6OC6OC(CO)C(O)C(O)C6O)[C@@](C)(CO)C5CC[C@]4(C)[C@]3(C)CC(O)[C@@]12CO. The van der Waals surface area contributed by atoms with Crippen molar-refractivity contribution in [3.05, 3.63) is 23.3 Å². The molecule has 480 valence electrons. The summed E-state index contributed by atoms with van der Waals surface area (Å²) in [7, 11) is 0. The molecule has 0 bridgehead atoms. The molecule has 26 nitrogen and oxygen atoms in total. The average molecular weight is 1210 g/mol. The topological polar surface area (TPSA) is 421 Å². The second-order valence-corrected chi connectivity index (χ2v) is 27.3. The van der Waals surface area contributed by atoms with E-state index < -0.39 is 207 Å². The number of aliphatic carboxylic acids is 1. The van der Waals surface area contributed by atoms with E-state index >= 15 is 0 Å². The summed E-state index contributed by atoms with van der Waals surface area (Å²) in [4.78, 5) is 26.6. The Labute approximate surface area is 487 Å². The highest BCUT2D eigenvalue weighted by atomic mass is 16.8. The first kappa shape index (κ1) is 66.0. The van der Waals surface area contributed by atoms with Gasteiger partial charge in [-0.3, -0.25) is 0 Å². The summed E-state index contributed by atoms with van der Waals surface area (Å²) in [5.74, 6) is -2.94. The van der Waals surface area contributed by atoms with Gasteiger partial charge in [0.15, 0.2) is 31.3 Å². The van der Waals surface area contributed by atoms with Gasteiger partial charge < -0.3 is 119 Å². The standard InChI is InChI=1S/C58H92O26/c1-9-24(2)48(75)79-34-18-53(3,4)16-26-25-10-11-31-54(5)14-13-33(55(6,22-61)30(54)12-15-56(31,7)57(25,8)17-32(64)58(26,34)23-62)80-52-46(84-50-41(71)39(69)37(67)29(20-60)78-50)43(42(72)44(82-52)47(73)74)81-51-45(35(65)27(63)21-76-51)83-49-40(70)38(68)36(66)28(19-59)77-49/h9-10,26-46,49-52,59-72H,11-23H2,1-8H3,(H,73,74)/t26?,27?,28?,29?,30?,31?,32?,33?,34?,35?,36?,37?,38?,39?,40?,41?,42?,43?,44?,45?,46?,49?,50?,51?,52?,54-,55-,56-,57+,58-/m0/s1. The van der Waals surface area contributed by atoms with Crippen LogP contribution in [0.25, 0.3) is 0 Å². The van der Waals surface area contributed by atoms with Crippen LogP contribution in [0.2, 0.25) is 0 Å². The first-order valence-corrected chi connectivity index (χ1v) is 29.6. The van der Waals surface area contributed by atoms with Crippen molar-refractivity contribution in [2.75, 3.05) is 33.0 Å². The minimum absolute atomic E-state index is 0.0549.